The molecule has 1 unspecified atom stereocenters. The fraction of sp³-hybridized carbons (Fsp3) is 0.364. The van der Waals surface area contributed by atoms with Gasteiger partial charge in [-0.2, -0.15) is 0 Å². The Morgan fingerprint density at radius 1 is 1.38 bits per heavy atom. The van der Waals surface area contributed by atoms with Crippen LogP contribution in [0.1, 0.15) is 6.92 Å². The number of nitrogens with zero attached hydrogens (tertiary/aromatic N) is 1. The summed E-state index contributed by atoms with van der Waals surface area (Å²) in [5, 5.41) is 0. The van der Waals surface area contributed by atoms with Gasteiger partial charge in [-0.05, 0) is 19.1 Å². The van der Waals surface area contributed by atoms with Gasteiger partial charge in [-0.1, -0.05) is 6.07 Å². The van der Waals surface area contributed by atoms with Crippen LogP contribution in [0.2, 0.25) is 0 Å². The number of aliphatic imine (C=N–C) groups is 1. The Bertz CT molecular complexity index is 362. The lowest BCUT2D eigenvalue weighted by atomic mass is 10.3. The topological polar surface area (TPSA) is 82.9 Å². The Morgan fingerprint density at radius 3 is 2.69 bits per heavy atom. The van der Waals surface area contributed by atoms with Crippen LogP contribution >= 0.6 is 0 Å². The molecule has 0 saturated carbocycles. The predicted molar refractivity (Wildman–Crippen MR) is 63.8 cm³/mol. The van der Waals surface area contributed by atoms with Crippen LogP contribution in [0, 0.1) is 0 Å². The zero-order valence-electron chi connectivity index (χ0n) is 9.51. The third-order valence-electron chi connectivity index (χ3n) is 1.91. The zero-order valence-corrected chi connectivity index (χ0v) is 9.51. The van der Waals surface area contributed by atoms with Crippen molar-refractivity contribution in [2.75, 3.05) is 13.7 Å². The fourth-order valence-electron chi connectivity index (χ4n) is 1.18. The highest BCUT2D eigenvalue weighted by atomic mass is 16.5. The molecule has 0 heterocycles. The highest BCUT2D eigenvalue weighted by Gasteiger charge is 2.03. The monoisotopic (exact) mass is 223 g/mol. The van der Waals surface area contributed by atoms with E-state index >= 15 is 0 Å². The number of benzene rings is 1. The summed E-state index contributed by atoms with van der Waals surface area (Å²) < 4.78 is 10.7. The van der Waals surface area contributed by atoms with E-state index in [-0.39, 0.29) is 12.1 Å². The molecule has 0 fully saturated rings. The molecule has 0 bridgehead atoms. The van der Waals surface area contributed by atoms with E-state index in [0.29, 0.717) is 6.54 Å². The molecule has 0 aliphatic heterocycles. The summed E-state index contributed by atoms with van der Waals surface area (Å²) in [6.45, 7) is 2.32. The summed E-state index contributed by atoms with van der Waals surface area (Å²) in [7, 11) is 1.61. The number of guanidine groups is 1. The smallest absolute Gasteiger partial charge is 0.186 e. The SMILES string of the molecule is COc1cccc(OC(C)CN=C(N)N)c1. The van der Waals surface area contributed by atoms with Crippen LogP contribution in [-0.4, -0.2) is 25.7 Å². The van der Waals surface area contributed by atoms with Gasteiger partial charge in [-0.3, -0.25) is 0 Å². The molecule has 0 spiro atoms. The summed E-state index contributed by atoms with van der Waals surface area (Å²) in [5.41, 5.74) is 10.5. The van der Waals surface area contributed by atoms with Crippen molar-refractivity contribution in [3.8, 4) is 11.5 Å². The van der Waals surface area contributed by atoms with E-state index in [1.807, 2.05) is 31.2 Å². The van der Waals surface area contributed by atoms with Crippen molar-refractivity contribution < 1.29 is 9.47 Å². The van der Waals surface area contributed by atoms with Crippen molar-refractivity contribution in [1.29, 1.82) is 0 Å². The number of rotatable bonds is 5. The molecule has 16 heavy (non-hydrogen) atoms. The van der Waals surface area contributed by atoms with E-state index in [4.69, 9.17) is 20.9 Å². The van der Waals surface area contributed by atoms with Gasteiger partial charge in [0.2, 0.25) is 0 Å². The molecule has 1 rings (SSSR count). The second-order valence-corrected chi connectivity index (χ2v) is 3.37. The van der Waals surface area contributed by atoms with E-state index in [2.05, 4.69) is 4.99 Å². The maximum Gasteiger partial charge on any atom is 0.186 e. The molecule has 0 aliphatic carbocycles. The first-order chi connectivity index (χ1) is 7.61. The molecule has 5 heteroatoms. The quantitative estimate of drug-likeness (QED) is 0.569. The van der Waals surface area contributed by atoms with Crippen molar-refractivity contribution >= 4 is 5.96 Å². The number of nitrogens with two attached hydrogens (primary N) is 2. The second kappa shape index (κ2) is 5.85. The Morgan fingerprint density at radius 2 is 2.06 bits per heavy atom. The summed E-state index contributed by atoms with van der Waals surface area (Å²) in [5.74, 6) is 1.56. The van der Waals surface area contributed by atoms with Gasteiger partial charge < -0.3 is 20.9 Å². The van der Waals surface area contributed by atoms with Crippen molar-refractivity contribution in [3.63, 3.8) is 0 Å². The van der Waals surface area contributed by atoms with E-state index in [1.54, 1.807) is 7.11 Å². The van der Waals surface area contributed by atoms with Gasteiger partial charge in [0.15, 0.2) is 5.96 Å². The molecular weight excluding hydrogens is 206 g/mol. The molecule has 1 aromatic carbocycles. The minimum absolute atomic E-state index is 0.0705. The minimum Gasteiger partial charge on any atom is -0.497 e. The van der Waals surface area contributed by atoms with E-state index in [1.165, 1.54) is 0 Å². The minimum atomic E-state index is -0.0887. The molecular formula is C11H17N3O2. The average Bonchev–Trinajstić information content (AvgIpc) is 2.26. The Labute approximate surface area is 95.1 Å². The molecule has 0 amide bonds. The van der Waals surface area contributed by atoms with Crippen molar-refractivity contribution in [2.45, 2.75) is 13.0 Å². The third-order valence-corrected chi connectivity index (χ3v) is 1.91. The van der Waals surface area contributed by atoms with Gasteiger partial charge in [0.25, 0.3) is 0 Å². The normalized spacial score (nSPS) is 11.6. The molecule has 88 valence electrons. The maximum absolute atomic E-state index is 5.61. The molecule has 0 aliphatic rings. The van der Waals surface area contributed by atoms with E-state index < -0.39 is 0 Å². The van der Waals surface area contributed by atoms with Crippen LogP contribution < -0.4 is 20.9 Å². The zero-order chi connectivity index (χ0) is 12.0. The molecule has 0 radical (unpaired) electrons. The predicted octanol–water partition coefficient (Wildman–Crippen LogP) is 0.736. The second-order valence-electron chi connectivity index (χ2n) is 3.37. The third kappa shape index (κ3) is 4.08. The lowest BCUT2D eigenvalue weighted by Crippen LogP contribution is -2.26. The average molecular weight is 223 g/mol. The first-order valence-electron chi connectivity index (χ1n) is 4.98. The molecule has 0 aromatic heterocycles. The maximum atomic E-state index is 5.61. The van der Waals surface area contributed by atoms with Crippen LogP contribution in [0.25, 0.3) is 0 Å². The molecule has 0 saturated heterocycles. The van der Waals surface area contributed by atoms with E-state index in [9.17, 15) is 0 Å². The lowest BCUT2D eigenvalue weighted by molar-refractivity contribution is 0.229. The standard InChI is InChI=1S/C11H17N3O2/c1-8(7-14-11(12)13)16-10-5-3-4-9(6-10)15-2/h3-6,8H,7H2,1-2H3,(H4,12,13,14). The highest BCUT2D eigenvalue weighted by Crippen LogP contribution is 2.19. The Hall–Kier alpha value is -1.91. The van der Waals surface area contributed by atoms with Gasteiger partial charge in [0.05, 0.1) is 13.7 Å². The first-order valence-corrected chi connectivity index (χ1v) is 4.98. The van der Waals surface area contributed by atoms with Crippen LogP contribution in [0.5, 0.6) is 11.5 Å². The Balaban J connectivity index is 2.55. The van der Waals surface area contributed by atoms with Crippen LogP contribution in [0.3, 0.4) is 0 Å². The highest BCUT2D eigenvalue weighted by molar-refractivity contribution is 5.75. The van der Waals surface area contributed by atoms with Crippen LogP contribution in [0.15, 0.2) is 29.3 Å². The summed E-state index contributed by atoms with van der Waals surface area (Å²) in [6, 6.07) is 7.38. The summed E-state index contributed by atoms with van der Waals surface area (Å²) in [4.78, 5) is 3.88. The van der Waals surface area contributed by atoms with E-state index in [0.717, 1.165) is 11.5 Å². The Kier molecular flexibility index (Phi) is 4.44. The first kappa shape index (κ1) is 12.2. The van der Waals surface area contributed by atoms with Crippen molar-refractivity contribution in [2.24, 2.45) is 16.5 Å². The molecule has 1 aromatic rings. The van der Waals surface area contributed by atoms with Crippen LogP contribution in [0.4, 0.5) is 0 Å². The summed E-state index contributed by atoms with van der Waals surface area (Å²) in [6.07, 6.45) is -0.0887. The van der Waals surface area contributed by atoms with Gasteiger partial charge in [-0.15, -0.1) is 0 Å². The van der Waals surface area contributed by atoms with Gasteiger partial charge in [0, 0.05) is 6.07 Å². The number of hydrogen-bond donors (Lipinski definition) is 2. The van der Waals surface area contributed by atoms with Gasteiger partial charge in [0.1, 0.15) is 17.6 Å². The number of methoxy groups -OCH3 is 1. The largest absolute Gasteiger partial charge is 0.497 e. The number of ether oxygens (including phenoxy) is 2. The van der Waals surface area contributed by atoms with Crippen molar-refractivity contribution in [3.05, 3.63) is 24.3 Å². The van der Waals surface area contributed by atoms with Gasteiger partial charge >= 0.3 is 0 Å². The van der Waals surface area contributed by atoms with Crippen LogP contribution in [-0.2, 0) is 0 Å². The molecule has 5 nitrogen and oxygen atoms in total. The molecule has 4 N–H and O–H groups in total. The lowest BCUT2D eigenvalue weighted by Gasteiger charge is -2.13. The number of hydrogen-bond acceptors (Lipinski definition) is 3. The summed E-state index contributed by atoms with van der Waals surface area (Å²) >= 11 is 0. The van der Waals surface area contributed by atoms with Gasteiger partial charge in [-0.25, -0.2) is 4.99 Å². The van der Waals surface area contributed by atoms with Crippen molar-refractivity contribution in [1.82, 2.24) is 0 Å². The fourth-order valence-corrected chi connectivity index (χ4v) is 1.18. The molecule has 1 atom stereocenters.